The monoisotopic (exact) mass is 587 g/mol. The maximum Gasteiger partial charge on any atom is 0.143 e. The van der Waals surface area contributed by atoms with Crippen LogP contribution in [0, 0.1) is 0 Å². The van der Waals surface area contributed by atoms with Crippen LogP contribution in [0.5, 0.6) is 0 Å². The lowest BCUT2D eigenvalue weighted by molar-refractivity contribution is 0.670. The van der Waals surface area contributed by atoms with E-state index in [9.17, 15) is 0 Å². The first kappa shape index (κ1) is 26.3. The molecule has 0 bridgehead atoms. The molecule has 46 heavy (non-hydrogen) atoms. The summed E-state index contributed by atoms with van der Waals surface area (Å²) >= 11 is 0. The van der Waals surface area contributed by atoms with E-state index in [1.165, 1.54) is 32.7 Å². The van der Waals surface area contributed by atoms with Crippen molar-refractivity contribution in [2.24, 2.45) is 0 Å². The summed E-state index contributed by atoms with van der Waals surface area (Å²) in [7, 11) is 0. The topological polar surface area (TPSA) is 16.4 Å². The van der Waals surface area contributed by atoms with Crippen molar-refractivity contribution in [2.45, 2.75) is 0 Å². The molecule has 1 heterocycles. The number of fused-ring (bicyclic) bond motifs is 5. The Morgan fingerprint density at radius 2 is 0.957 bits per heavy atom. The zero-order valence-corrected chi connectivity index (χ0v) is 25.1. The molecule has 0 fully saturated rings. The van der Waals surface area contributed by atoms with E-state index in [4.69, 9.17) is 4.42 Å². The van der Waals surface area contributed by atoms with Crippen LogP contribution in [0.2, 0.25) is 0 Å². The molecule has 0 aliphatic carbocycles. The van der Waals surface area contributed by atoms with Crippen molar-refractivity contribution in [2.75, 3.05) is 4.90 Å². The van der Waals surface area contributed by atoms with Gasteiger partial charge in [-0.2, -0.15) is 0 Å². The Hall–Kier alpha value is -6.12. The molecule has 0 radical (unpaired) electrons. The number of furan rings is 1. The third-order valence-corrected chi connectivity index (χ3v) is 9.01. The summed E-state index contributed by atoms with van der Waals surface area (Å²) in [5.74, 6) is 0. The number of benzene rings is 8. The highest BCUT2D eigenvalue weighted by atomic mass is 16.3. The highest BCUT2D eigenvalue weighted by molar-refractivity contribution is 6.19. The van der Waals surface area contributed by atoms with Gasteiger partial charge in [0.15, 0.2) is 0 Å². The number of hydrogen-bond donors (Lipinski definition) is 0. The third kappa shape index (κ3) is 4.43. The highest BCUT2D eigenvalue weighted by Crippen LogP contribution is 2.44. The standard InChI is InChI=1S/C44H29NO/c1-3-11-30(12-4-1)32-21-23-37(24-22-32)45(36-16-5-2-6-17-36)38-25-26-40-41-28-34-15-9-10-18-39(34)43(44(41)46-42(40)29-38)35-20-19-31-13-7-8-14-33(31)27-35/h1-29H. The Labute approximate surface area is 267 Å². The fraction of sp³-hybridized carbons (Fsp3) is 0. The van der Waals surface area contributed by atoms with Crippen molar-refractivity contribution in [1.29, 1.82) is 0 Å². The Balaban J connectivity index is 1.23. The van der Waals surface area contributed by atoms with Crippen molar-refractivity contribution in [3.8, 4) is 22.3 Å². The van der Waals surface area contributed by atoms with Crippen molar-refractivity contribution in [3.63, 3.8) is 0 Å². The van der Waals surface area contributed by atoms with Gasteiger partial charge in [0.25, 0.3) is 0 Å². The lowest BCUT2D eigenvalue weighted by atomic mass is 9.94. The minimum Gasteiger partial charge on any atom is -0.455 e. The summed E-state index contributed by atoms with van der Waals surface area (Å²) in [6, 6.07) is 62.6. The molecular formula is C44H29NO. The molecule has 0 amide bonds. The second-order valence-electron chi connectivity index (χ2n) is 11.8. The Morgan fingerprint density at radius 3 is 1.76 bits per heavy atom. The van der Waals surface area contributed by atoms with Gasteiger partial charge < -0.3 is 9.32 Å². The number of para-hydroxylation sites is 1. The van der Waals surface area contributed by atoms with Gasteiger partial charge in [-0.15, -0.1) is 0 Å². The van der Waals surface area contributed by atoms with Crippen LogP contribution in [-0.4, -0.2) is 0 Å². The summed E-state index contributed by atoms with van der Waals surface area (Å²) in [5.41, 5.74) is 9.69. The van der Waals surface area contributed by atoms with E-state index >= 15 is 0 Å². The molecule has 0 unspecified atom stereocenters. The molecule has 9 aromatic rings. The van der Waals surface area contributed by atoms with E-state index in [-0.39, 0.29) is 0 Å². The molecule has 0 saturated heterocycles. The van der Waals surface area contributed by atoms with Gasteiger partial charge in [-0.1, -0.05) is 121 Å². The van der Waals surface area contributed by atoms with E-state index in [1.54, 1.807) is 0 Å². The molecule has 0 saturated carbocycles. The second kappa shape index (κ2) is 10.8. The van der Waals surface area contributed by atoms with Crippen molar-refractivity contribution in [3.05, 3.63) is 176 Å². The van der Waals surface area contributed by atoms with Gasteiger partial charge in [-0.3, -0.25) is 0 Å². The lowest BCUT2D eigenvalue weighted by Crippen LogP contribution is -2.09. The first-order chi connectivity index (χ1) is 22.8. The van der Waals surface area contributed by atoms with Crippen LogP contribution >= 0.6 is 0 Å². The third-order valence-electron chi connectivity index (χ3n) is 9.01. The van der Waals surface area contributed by atoms with Crippen LogP contribution < -0.4 is 4.90 Å². The van der Waals surface area contributed by atoms with Crippen molar-refractivity contribution < 1.29 is 4.42 Å². The molecule has 2 heteroatoms. The molecule has 0 aliphatic heterocycles. The highest BCUT2D eigenvalue weighted by Gasteiger charge is 2.19. The quantitative estimate of drug-likeness (QED) is 0.199. The Kier molecular flexibility index (Phi) is 6.17. The van der Waals surface area contributed by atoms with Crippen molar-refractivity contribution in [1.82, 2.24) is 0 Å². The molecule has 2 nitrogen and oxygen atoms in total. The van der Waals surface area contributed by atoms with Gasteiger partial charge in [0, 0.05) is 39.5 Å². The zero-order chi connectivity index (χ0) is 30.5. The van der Waals surface area contributed by atoms with E-state index < -0.39 is 0 Å². The predicted molar refractivity (Wildman–Crippen MR) is 194 cm³/mol. The van der Waals surface area contributed by atoms with Gasteiger partial charge in [0.1, 0.15) is 11.2 Å². The fourth-order valence-corrected chi connectivity index (χ4v) is 6.79. The first-order valence-electron chi connectivity index (χ1n) is 15.7. The molecule has 0 aliphatic rings. The molecule has 0 N–H and O–H groups in total. The van der Waals surface area contributed by atoms with Crippen LogP contribution in [0.25, 0.3) is 65.7 Å². The summed E-state index contributed by atoms with van der Waals surface area (Å²) in [4.78, 5) is 2.29. The van der Waals surface area contributed by atoms with Crippen LogP contribution in [0.4, 0.5) is 17.1 Å². The largest absolute Gasteiger partial charge is 0.455 e. The maximum absolute atomic E-state index is 6.87. The average molecular weight is 588 g/mol. The number of anilines is 3. The molecule has 8 aromatic carbocycles. The minimum atomic E-state index is 0.867. The summed E-state index contributed by atoms with van der Waals surface area (Å²) < 4.78 is 6.87. The summed E-state index contributed by atoms with van der Waals surface area (Å²) in [6.07, 6.45) is 0. The first-order valence-corrected chi connectivity index (χ1v) is 15.7. The zero-order valence-electron chi connectivity index (χ0n) is 25.1. The SMILES string of the molecule is c1ccc(-c2ccc(N(c3ccccc3)c3ccc4c(c3)oc3c(-c5ccc6ccccc6c5)c5ccccc5cc34)cc2)cc1. The summed E-state index contributed by atoms with van der Waals surface area (Å²) in [6.45, 7) is 0. The van der Waals surface area contributed by atoms with Gasteiger partial charge >= 0.3 is 0 Å². The van der Waals surface area contributed by atoms with Gasteiger partial charge in [0.2, 0.25) is 0 Å². The maximum atomic E-state index is 6.87. The second-order valence-corrected chi connectivity index (χ2v) is 11.8. The van der Waals surface area contributed by atoms with Gasteiger partial charge in [-0.25, -0.2) is 0 Å². The molecule has 0 atom stereocenters. The van der Waals surface area contributed by atoms with Crippen LogP contribution in [0.15, 0.2) is 180 Å². The van der Waals surface area contributed by atoms with E-state index in [2.05, 4.69) is 181 Å². The molecule has 9 rings (SSSR count). The fourth-order valence-electron chi connectivity index (χ4n) is 6.79. The van der Waals surface area contributed by atoms with Crippen LogP contribution in [0.1, 0.15) is 0 Å². The molecular weight excluding hydrogens is 558 g/mol. The average Bonchev–Trinajstić information content (AvgIpc) is 3.49. The lowest BCUT2D eigenvalue weighted by Gasteiger charge is -2.25. The van der Waals surface area contributed by atoms with Crippen LogP contribution in [0.3, 0.4) is 0 Å². The van der Waals surface area contributed by atoms with Crippen LogP contribution in [-0.2, 0) is 0 Å². The van der Waals surface area contributed by atoms with E-state index in [0.29, 0.717) is 0 Å². The normalized spacial score (nSPS) is 11.5. The van der Waals surface area contributed by atoms with Gasteiger partial charge in [0.05, 0.1) is 0 Å². The predicted octanol–water partition coefficient (Wildman–Crippen LogP) is 12.7. The Bertz CT molecular complexity index is 2510. The number of hydrogen-bond acceptors (Lipinski definition) is 2. The minimum absolute atomic E-state index is 0.867. The van der Waals surface area contributed by atoms with E-state index in [0.717, 1.165) is 50.1 Å². The molecule has 1 aromatic heterocycles. The van der Waals surface area contributed by atoms with Crippen molar-refractivity contribution >= 4 is 60.5 Å². The summed E-state index contributed by atoms with van der Waals surface area (Å²) in [5, 5.41) is 7.08. The van der Waals surface area contributed by atoms with Gasteiger partial charge in [-0.05, 0) is 86.8 Å². The number of rotatable bonds is 5. The van der Waals surface area contributed by atoms with E-state index in [1.807, 2.05) is 0 Å². The smallest absolute Gasteiger partial charge is 0.143 e. The Morgan fingerprint density at radius 1 is 0.348 bits per heavy atom. The molecule has 0 spiro atoms. The number of nitrogens with zero attached hydrogens (tertiary/aromatic N) is 1. The molecule has 216 valence electrons.